The monoisotopic (exact) mass is 188 g/mol. The van der Waals surface area contributed by atoms with E-state index >= 15 is 0 Å². The summed E-state index contributed by atoms with van der Waals surface area (Å²) in [6.45, 7) is 0. The molecule has 0 rings (SSSR count). The van der Waals surface area contributed by atoms with E-state index in [4.69, 9.17) is 17.5 Å². The van der Waals surface area contributed by atoms with Gasteiger partial charge in [-0.1, -0.05) is 0 Å². The van der Waals surface area contributed by atoms with Crippen LogP contribution in [-0.4, -0.2) is 45.7 Å². The van der Waals surface area contributed by atoms with Crippen LogP contribution in [0.5, 0.6) is 0 Å². The molecule has 0 aliphatic heterocycles. The molecule has 11 heavy (non-hydrogen) atoms. The van der Waals surface area contributed by atoms with Gasteiger partial charge in [-0.15, -0.1) is 0 Å². The van der Waals surface area contributed by atoms with Crippen molar-refractivity contribution in [1.82, 2.24) is 10.6 Å². The summed E-state index contributed by atoms with van der Waals surface area (Å²) in [5, 5.41) is 5.50. The molecule has 0 radical (unpaired) electrons. The van der Waals surface area contributed by atoms with Crippen molar-refractivity contribution in [2.24, 2.45) is 0 Å². The second-order valence-electron chi connectivity index (χ2n) is 1.45. The highest BCUT2D eigenvalue weighted by atomic mass is 32.3. The molecule has 0 aromatic heterocycles. The molecule has 0 heterocycles. The van der Waals surface area contributed by atoms with E-state index < -0.39 is 10.4 Å². The predicted octanol–water partition coefficient (Wildman–Crippen LogP) is -0.982. The van der Waals surface area contributed by atoms with Crippen LogP contribution in [0.4, 0.5) is 0 Å². The van der Waals surface area contributed by atoms with E-state index in [1.807, 2.05) is 28.2 Å². The summed E-state index contributed by atoms with van der Waals surface area (Å²) in [5.74, 6) is 0. The molecule has 0 aliphatic carbocycles. The fourth-order valence-corrected chi connectivity index (χ4v) is 0. The molecule has 4 N–H and O–H groups in total. The number of nitrogens with one attached hydrogen (secondary N) is 2. The molecule has 0 aromatic carbocycles. The maximum Gasteiger partial charge on any atom is 0.394 e. The van der Waals surface area contributed by atoms with Crippen LogP contribution >= 0.6 is 0 Å². The Bertz CT molecular complexity index is 123. The Kier molecular flexibility index (Phi) is 19.3. The molecule has 6 nitrogen and oxygen atoms in total. The van der Waals surface area contributed by atoms with E-state index in [-0.39, 0.29) is 0 Å². The van der Waals surface area contributed by atoms with Crippen LogP contribution in [0.2, 0.25) is 0 Å². The van der Waals surface area contributed by atoms with E-state index in [1.165, 1.54) is 0 Å². The highest BCUT2D eigenvalue weighted by molar-refractivity contribution is 7.79. The Morgan fingerprint density at radius 3 is 0.909 bits per heavy atom. The lowest BCUT2D eigenvalue weighted by Gasteiger charge is -1.68. The standard InChI is InChI=1S/2C2H7N.H2O4S/c2*1-3-2;1-5(2,3)4/h2*3H,1-2H3;(H2,1,2,3,4). The highest BCUT2D eigenvalue weighted by Gasteiger charge is 1.84. The van der Waals surface area contributed by atoms with E-state index in [1.54, 1.807) is 0 Å². The van der Waals surface area contributed by atoms with Gasteiger partial charge in [0.2, 0.25) is 0 Å². The van der Waals surface area contributed by atoms with Crippen LogP contribution in [0.15, 0.2) is 0 Å². The minimum absolute atomic E-state index is 1.88. The Morgan fingerprint density at radius 2 is 0.909 bits per heavy atom. The van der Waals surface area contributed by atoms with Crippen molar-refractivity contribution in [3.63, 3.8) is 0 Å². The van der Waals surface area contributed by atoms with E-state index in [9.17, 15) is 0 Å². The molecule has 0 saturated carbocycles. The molecule has 0 bridgehead atoms. The first-order chi connectivity index (χ1) is 4.83. The third-order valence-corrected chi connectivity index (χ3v) is 0. The zero-order valence-corrected chi connectivity index (χ0v) is 7.94. The van der Waals surface area contributed by atoms with Crippen LogP contribution in [0.1, 0.15) is 0 Å². The number of rotatable bonds is 0. The van der Waals surface area contributed by atoms with E-state index in [0.717, 1.165) is 0 Å². The van der Waals surface area contributed by atoms with Gasteiger partial charge in [-0.05, 0) is 28.2 Å². The summed E-state index contributed by atoms with van der Waals surface area (Å²) in [5.41, 5.74) is 0. The van der Waals surface area contributed by atoms with Gasteiger partial charge in [0, 0.05) is 0 Å². The van der Waals surface area contributed by atoms with Gasteiger partial charge in [0.25, 0.3) is 0 Å². The molecule has 0 aliphatic rings. The molecule has 0 atom stereocenters. The van der Waals surface area contributed by atoms with Gasteiger partial charge in [-0.2, -0.15) is 8.42 Å². The quantitative estimate of drug-likeness (QED) is 0.365. The summed E-state index contributed by atoms with van der Waals surface area (Å²) in [6.07, 6.45) is 0. The van der Waals surface area contributed by atoms with E-state index in [2.05, 4.69) is 10.6 Å². The molecule has 0 fully saturated rings. The molecule has 0 aromatic rings. The Labute approximate surface area is 67.6 Å². The predicted molar refractivity (Wildman–Crippen MR) is 44.1 cm³/mol. The molecule has 0 unspecified atom stereocenters. The van der Waals surface area contributed by atoms with Crippen molar-refractivity contribution >= 4 is 10.4 Å². The van der Waals surface area contributed by atoms with Crippen molar-refractivity contribution in [2.45, 2.75) is 0 Å². The lowest BCUT2D eigenvalue weighted by molar-refractivity contribution is 0.381. The second kappa shape index (κ2) is 12.5. The van der Waals surface area contributed by atoms with Gasteiger partial charge in [0.05, 0.1) is 0 Å². The number of hydrogen-bond donors (Lipinski definition) is 4. The average molecular weight is 188 g/mol. The average Bonchev–Trinajstić information content (AvgIpc) is 1.62. The first-order valence-electron chi connectivity index (χ1n) is 2.70. The molecular formula is C4H16N2O4S. The largest absolute Gasteiger partial charge is 0.394 e. The first-order valence-corrected chi connectivity index (χ1v) is 4.10. The van der Waals surface area contributed by atoms with Gasteiger partial charge >= 0.3 is 10.4 Å². The molecule has 0 spiro atoms. The normalized spacial score (nSPS) is 8.55. The zero-order chi connectivity index (χ0) is 9.91. The third kappa shape index (κ3) is 13500. The van der Waals surface area contributed by atoms with Crippen LogP contribution in [0, 0.1) is 0 Å². The highest BCUT2D eigenvalue weighted by Crippen LogP contribution is 1.59. The van der Waals surface area contributed by atoms with Crippen LogP contribution in [0.3, 0.4) is 0 Å². The lowest BCUT2D eigenvalue weighted by Crippen LogP contribution is -1.89. The lowest BCUT2D eigenvalue weighted by atomic mass is 11.3. The van der Waals surface area contributed by atoms with Gasteiger partial charge in [-0.25, -0.2) is 0 Å². The Balaban J connectivity index is -0.0000000933. The Morgan fingerprint density at radius 1 is 0.909 bits per heavy atom. The van der Waals surface area contributed by atoms with Crippen molar-refractivity contribution in [3.05, 3.63) is 0 Å². The minimum Gasteiger partial charge on any atom is -0.323 e. The van der Waals surface area contributed by atoms with Crippen molar-refractivity contribution in [1.29, 1.82) is 0 Å². The molecular weight excluding hydrogens is 172 g/mol. The summed E-state index contributed by atoms with van der Waals surface area (Å²) in [4.78, 5) is 0. The van der Waals surface area contributed by atoms with E-state index in [0.29, 0.717) is 0 Å². The smallest absolute Gasteiger partial charge is 0.323 e. The Hall–Kier alpha value is -0.210. The summed E-state index contributed by atoms with van der Waals surface area (Å²) in [6, 6.07) is 0. The molecule has 72 valence electrons. The zero-order valence-electron chi connectivity index (χ0n) is 7.12. The molecule has 0 amide bonds. The maximum absolute atomic E-state index is 8.74. The van der Waals surface area contributed by atoms with Gasteiger partial charge in [0.15, 0.2) is 0 Å². The minimum atomic E-state index is -4.67. The summed E-state index contributed by atoms with van der Waals surface area (Å²) >= 11 is 0. The first kappa shape index (κ1) is 17.0. The fraction of sp³-hybridized carbons (Fsp3) is 1.00. The number of hydrogen-bond acceptors (Lipinski definition) is 4. The van der Waals surface area contributed by atoms with Crippen molar-refractivity contribution in [3.8, 4) is 0 Å². The van der Waals surface area contributed by atoms with Crippen molar-refractivity contribution in [2.75, 3.05) is 28.2 Å². The molecule has 0 saturated heterocycles. The van der Waals surface area contributed by atoms with Gasteiger partial charge < -0.3 is 10.6 Å². The molecule has 7 heteroatoms. The van der Waals surface area contributed by atoms with Crippen LogP contribution in [-0.2, 0) is 10.4 Å². The summed E-state index contributed by atoms with van der Waals surface area (Å²) in [7, 11) is 2.83. The SMILES string of the molecule is CNC.CNC.O=S(=O)(O)O. The van der Waals surface area contributed by atoms with Crippen molar-refractivity contribution < 1.29 is 17.5 Å². The van der Waals surface area contributed by atoms with Crippen LogP contribution < -0.4 is 10.6 Å². The summed E-state index contributed by atoms with van der Waals surface area (Å²) < 4.78 is 31.6. The van der Waals surface area contributed by atoms with Crippen LogP contribution in [0.25, 0.3) is 0 Å². The fourth-order valence-electron chi connectivity index (χ4n) is 0. The van der Waals surface area contributed by atoms with Gasteiger partial charge in [0.1, 0.15) is 0 Å². The third-order valence-electron chi connectivity index (χ3n) is 0. The second-order valence-corrected chi connectivity index (χ2v) is 2.34. The topological polar surface area (TPSA) is 98.7 Å². The van der Waals surface area contributed by atoms with Gasteiger partial charge in [-0.3, -0.25) is 9.11 Å². The maximum atomic E-state index is 8.74.